The highest BCUT2D eigenvalue weighted by Gasteiger charge is 2.36. The number of pyridine rings is 1. The first-order valence-electron chi connectivity index (χ1n) is 10.6. The Morgan fingerprint density at radius 1 is 1.18 bits per heavy atom. The highest BCUT2D eigenvalue weighted by Crippen LogP contribution is 2.26. The summed E-state index contributed by atoms with van der Waals surface area (Å²) < 4.78 is 46.4. The number of nitrogens with zero attached hydrogens (tertiary/aromatic N) is 2. The number of anilines is 1. The summed E-state index contributed by atoms with van der Waals surface area (Å²) >= 11 is 0. The number of ether oxygens (including phenoxy) is 2. The Bertz CT molecular complexity index is 1180. The van der Waals surface area contributed by atoms with Crippen molar-refractivity contribution in [3.05, 3.63) is 59.7 Å². The molecule has 1 saturated heterocycles. The first kappa shape index (κ1) is 23.6. The number of aromatic hydroxyl groups is 1. The van der Waals surface area contributed by atoms with Crippen molar-refractivity contribution in [2.45, 2.75) is 31.9 Å². The third-order valence-corrected chi connectivity index (χ3v) is 5.77. The molecular weight excluding hydrogens is 451 g/mol. The number of likely N-dealkylation sites (tertiary alicyclic amines) is 1. The molecule has 0 unspecified atom stereocenters. The van der Waals surface area contributed by atoms with Crippen LogP contribution in [0.15, 0.2) is 48.5 Å². The molecule has 0 saturated carbocycles. The molecule has 7 nitrogen and oxygen atoms in total. The summed E-state index contributed by atoms with van der Waals surface area (Å²) in [5.41, 5.74) is 2.26. The number of phenols is 1. The number of fused-ring (bicyclic) bond motifs is 1. The van der Waals surface area contributed by atoms with Crippen LogP contribution in [0.1, 0.15) is 11.1 Å². The Morgan fingerprint density at radius 3 is 2.59 bits per heavy atom. The Hall–Kier alpha value is -3.53. The molecule has 34 heavy (non-hydrogen) atoms. The number of nitrogens with one attached hydrogen (secondary N) is 1. The van der Waals surface area contributed by atoms with E-state index in [0.29, 0.717) is 24.5 Å². The summed E-state index contributed by atoms with van der Waals surface area (Å²) in [7, 11) is 1.58. The molecule has 2 N–H and O–H groups in total. The van der Waals surface area contributed by atoms with Crippen LogP contribution in [0.3, 0.4) is 0 Å². The average Bonchev–Trinajstić information content (AvgIpc) is 3.17. The molecule has 3 aromatic rings. The second-order valence-electron chi connectivity index (χ2n) is 8.22. The minimum atomic E-state index is -4.76. The van der Waals surface area contributed by atoms with E-state index in [2.05, 4.69) is 15.0 Å². The van der Waals surface area contributed by atoms with E-state index in [-0.39, 0.29) is 36.0 Å². The van der Waals surface area contributed by atoms with Crippen LogP contribution in [0.4, 0.5) is 19.0 Å². The number of benzene rings is 2. The SMILES string of the molecule is CO[C@@H]1CN(C(=O)Cc2ccc(OC(F)(F)F)cc2)C[C@H]1Nc1cc(C)c2cc(O)ccc2n1. The fourth-order valence-corrected chi connectivity index (χ4v) is 4.10. The van der Waals surface area contributed by atoms with Crippen LogP contribution in [0, 0.1) is 6.92 Å². The van der Waals surface area contributed by atoms with Crippen LogP contribution in [0.5, 0.6) is 11.5 Å². The largest absolute Gasteiger partial charge is 0.573 e. The maximum atomic E-state index is 12.8. The molecule has 1 aliphatic rings. The molecule has 1 aromatic heterocycles. The van der Waals surface area contributed by atoms with E-state index in [9.17, 15) is 23.1 Å². The first-order chi connectivity index (χ1) is 16.1. The van der Waals surface area contributed by atoms with E-state index < -0.39 is 6.36 Å². The number of hydrogen-bond acceptors (Lipinski definition) is 6. The summed E-state index contributed by atoms with van der Waals surface area (Å²) in [5.74, 6) is 0.318. The minimum Gasteiger partial charge on any atom is -0.508 e. The van der Waals surface area contributed by atoms with Crippen LogP contribution in [0.25, 0.3) is 10.9 Å². The molecule has 2 atom stereocenters. The quantitative estimate of drug-likeness (QED) is 0.560. The molecular formula is C24H24F3N3O4. The second-order valence-corrected chi connectivity index (χ2v) is 8.22. The summed E-state index contributed by atoms with van der Waals surface area (Å²) in [6, 6.07) is 11.9. The molecule has 2 aromatic carbocycles. The molecule has 10 heteroatoms. The minimum absolute atomic E-state index is 0.0479. The number of carbonyl (C=O) groups excluding carboxylic acids is 1. The fourth-order valence-electron chi connectivity index (χ4n) is 4.10. The maximum absolute atomic E-state index is 12.8. The number of amides is 1. The number of halogens is 3. The van der Waals surface area contributed by atoms with Gasteiger partial charge in [0.2, 0.25) is 5.91 Å². The van der Waals surface area contributed by atoms with Crippen molar-refractivity contribution in [2.24, 2.45) is 0 Å². The molecule has 0 spiro atoms. The van der Waals surface area contributed by atoms with Gasteiger partial charge < -0.3 is 24.8 Å². The lowest BCUT2D eigenvalue weighted by Gasteiger charge is -2.19. The smallest absolute Gasteiger partial charge is 0.508 e. The van der Waals surface area contributed by atoms with Crippen LogP contribution in [-0.2, 0) is 16.0 Å². The van der Waals surface area contributed by atoms with E-state index in [1.165, 1.54) is 24.3 Å². The molecule has 0 aliphatic carbocycles. The lowest BCUT2D eigenvalue weighted by molar-refractivity contribution is -0.274. The lowest BCUT2D eigenvalue weighted by atomic mass is 10.1. The number of alkyl halides is 3. The van der Waals surface area contributed by atoms with Gasteiger partial charge in [0.1, 0.15) is 17.3 Å². The summed E-state index contributed by atoms with van der Waals surface area (Å²) in [6.45, 7) is 2.70. The highest BCUT2D eigenvalue weighted by atomic mass is 19.4. The van der Waals surface area contributed by atoms with Gasteiger partial charge in [0.25, 0.3) is 0 Å². The molecule has 1 aliphatic heterocycles. The molecule has 0 bridgehead atoms. The average molecular weight is 475 g/mol. The normalized spacial score (nSPS) is 18.3. The zero-order valence-electron chi connectivity index (χ0n) is 18.6. The molecule has 0 radical (unpaired) electrons. The van der Waals surface area contributed by atoms with E-state index in [1.807, 2.05) is 13.0 Å². The standard InChI is InChI=1S/C24H24F3N3O4/c1-14-9-22(28-19-8-5-16(31)11-18(14)19)29-20-12-30(13-21(20)33-2)23(32)10-15-3-6-17(7-4-15)34-24(25,26)27/h3-9,11,20-21,31H,10,12-13H2,1-2H3,(H,28,29)/t20-,21-/m1/s1. The van der Waals surface area contributed by atoms with Gasteiger partial charge in [0, 0.05) is 25.6 Å². The summed E-state index contributed by atoms with van der Waals surface area (Å²) in [4.78, 5) is 19.1. The van der Waals surface area contributed by atoms with Crippen molar-refractivity contribution >= 4 is 22.6 Å². The number of hydrogen-bond donors (Lipinski definition) is 2. The summed E-state index contributed by atoms with van der Waals surface area (Å²) in [6.07, 6.45) is -4.97. The van der Waals surface area contributed by atoms with E-state index >= 15 is 0 Å². The van der Waals surface area contributed by atoms with Gasteiger partial charge in [-0.15, -0.1) is 13.2 Å². The first-order valence-corrected chi connectivity index (χ1v) is 10.6. The third-order valence-electron chi connectivity index (χ3n) is 5.77. The third kappa shape index (κ3) is 5.51. The molecule has 1 fully saturated rings. The Labute approximate surface area is 194 Å². The van der Waals surface area contributed by atoms with E-state index in [0.717, 1.165) is 16.5 Å². The topological polar surface area (TPSA) is 83.9 Å². The number of rotatable bonds is 6. The number of aryl methyl sites for hydroxylation is 1. The number of carbonyl (C=O) groups is 1. The number of aromatic nitrogens is 1. The lowest BCUT2D eigenvalue weighted by Crippen LogP contribution is -2.34. The van der Waals surface area contributed by atoms with Gasteiger partial charge in [-0.25, -0.2) is 4.98 Å². The Kier molecular flexibility index (Phi) is 6.52. The second kappa shape index (κ2) is 9.38. The van der Waals surface area contributed by atoms with Crippen LogP contribution in [-0.4, -0.2) is 59.6 Å². The zero-order valence-corrected chi connectivity index (χ0v) is 18.6. The zero-order chi connectivity index (χ0) is 24.5. The van der Waals surface area contributed by atoms with Crippen molar-refractivity contribution < 1.29 is 32.5 Å². The molecule has 4 rings (SSSR count). The van der Waals surface area contributed by atoms with Crippen LogP contribution < -0.4 is 10.1 Å². The summed E-state index contributed by atoms with van der Waals surface area (Å²) in [5, 5.41) is 13.9. The maximum Gasteiger partial charge on any atom is 0.573 e. The van der Waals surface area contributed by atoms with Gasteiger partial charge >= 0.3 is 6.36 Å². The van der Waals surface area contributed by atoms with Gasteiger partial charge in [-0.2, -0.15) is 0 Å². The van der Waals surface area contributed by atoms with E-state index in [1.54, 1.807) is 30.2 Å². The predicted molar refractivity (Wildman–Crippen MR) is 120 cm³/mol. The van der Waals surface area contributed by atoms with Crippen molar-refractivity contribution in [2.75, 3.05) is 25.5 Å². The fraction of sp³-hybridized carbons (Fsp3) is 0.333. The Balaban J connectivity index is 1.42. The number of methoxy groups -OCH3 is 1. The molecule has 180 valence electrons. The van der Waals surface area contributed by atoms with Crippen molar-refractivity contribution in [3.63, 3.8) is 0 Å². The van der Waals surface area contributed by atoms with Crippen molar-refractivity contribution in [1.82, 2.24) is 9.88 Å². The van der Waals surface area contributed by atoms with Gasteiger partial charge in [-0.3, -0.25) is 4.79 Å². The van der Waals surface area contributed by atoms with Crippen LogP contribution in [0.2, 0.25) is 0 Å². The van der Waals surface area contributed by atoms with E-state index in [4.69, 9.17) is 4.74 Å². The highest BCUT2D eigenvalue weighted by molar-refractivity contribution is 5.85. The van der Waals surface area contributed by atoms with Gasteiger partial charge in [0.05, 0.1) is 24.1 Å². The predicted octanol–water partition coefficient (Wildman–Crippen LogP) is 4.03. The Morgan fingerprint density at radius 2 is 1.91 bits per heavy atom. The number of phenolic OH excluding ortho intramolecular Hbond substituents is 1. The van der Waals surface area contributed by atoms with Gasteiger partial charge in [-0.05, 0) is 54.4 Å². The monoisotopic (exact) mass is 475 g/mol. The van der Waals surface area contributed by atoms with Gasteiger partial charge in [-0.1, -0.05) is 12.1 Å². The van der Waals surface area contributed by atoms with Crippen LogP contribution >= 0.6 is 0 Å². The molecule has 1 amide bonds. The van der Waals surface area contributed by atoms with Gasteiger partial charge in [0.15, 0.2) is 0 Å². The van der Waals surface area contributed by atoms with Crippen molar-refractivity contribution in [3.8, 4) is 11.5 Å². The van der Waals surface area contributed by atoms with Crippen molar-refractivity contribution in [1.29, 1.82) is 0 Å². The molecule has 2 heterocycles.